The van der Waals surface area contributed by atoms with Crippen molar-refractivity contribution in [2.45, 2.75) is 72.1 Å². The maximum Gasteiger partial charge on any atom is 0.339 e. The number of carboxylic acids is 1. The summed E-state index contributed by atoms with van der Waals surface area (Å²) < 4.78 is 0. The summed E-state index contributed by atoms with van der Waals surface area (Å²) in [4.78, 5) is 24.1. The first-order chi connectivity index (χ1) is 11.9. The smallest absolute Gasteiger partial charge is 0.339 e. The van der Waals surface area contributed by atoms with Gasteiger partial charge in [-0.25, -0.2) is 4.79 Å². The fourth-order valence-electron chi connectivity index (χ4n) is 3.97. The molecule has 0 unspecified atom stereocenters. The van der Waals surface area contributed by atoms with Gasteiger partial charge in [-0.2, -0.15) is 0 Å². The van der Waals surface area contributed by atoms with Crippen molar-refractivity contribution in [1.29, 1.82) is 0 Å². The van der Waals surface area contributed by atoms with Gasteiger partial charge in [0.05, 0.1) is 0 Å². The zero-order valence-electron chi connectivity index (χ0n) is 15.9. The third kappa shape index (κ3) is 4.39. The highest BCUT2D eigenvalue weighted by Gasteiger charge is 2.25. The molecule has 0 spiro atoms. The molecule has 0 radical (unpaired) electrons. The van der Waals surface area contributed by atoms with E-state index in [1.807, 2.05) is 6.07 Å². The Morgan fingerprint density at radius 3 is 2.36 bits per heavy atom. The van der Waals surface area contributed by atoms with Crippen molar-refractivity contribution < 1.29 is 14.7 Å². The summed E-state index contributed by atoms with van der Waals surface area (Å²) in [6, 6.07) is 4.11. The number of carbonyl (C=O) groups excluding carboxylic acids is 1. The number of carboxylic acid groups (broad SMARTS) is 1. The Bertz CT molecular complexity index is 677. The normalized spacial score (nSPS) is 21.2. The van der Waals surface area contributed by atoms with E-state index >= 15 is 0 Å². The van der Waals surface area contributed by atoms with Crippen LogP contribution in [0.5, 0.6) is 0 Å². The van der Waals surface area contributed by atoms with Gasteiger partial charge in [0.2, 0.25) is 0 Å². The van der Waals surface area contributed by atoms with Gasteiger partial charge >= 0.3 is 5.97 Å². The van der Waals surface area contributed by atoms with Gasteiger partial charge in [0.25, 0.3) is 0 Å². The first-order valence-electron chi connectivity index (χ1n) is 9.46. The number of hydrogen-bond donors (Lipinski definition) is 1. The maximum atomic E-state index is 12.7. The molecule has 1 saturated carbocycles. The number of rotatable bonds is 6. The molecule has 25 heavy (non-hydrogen) atoms. The van der Waals surface area contributed by atoms with Gasteiger partial charge in [-0.05, 0) is 67.7 Å². The van der Waals surface area contributed by atoms with Gasteiger partial charge in [0.15, 0.2) is 5.78 Å². The van der Waals surface area contributed by atoms with Crippen LogP contribution in [0.4, 0.5) is 0 Å². The van der Waals surface area contributed by atoms with Crippen molar-refractivity contribution in [3.05, 3.63) is 46.0 Å². The van der Waals surface area contributed by atoms with Crippen molar-refractivity contribution >= 4 is 11.8 Å². The molecule has 0 aromatic heterocycles. The van der Waals surface area contributed by atoms with Crippen LogP contribution < -0.4 is 0 Å². The molecule has 136 valence electrons. The Kier molecular flexibility index (Phi) is 6.57. The third-order valence-corrected chi connectivity index (χ3v) is 5.48. The highest BCUT2D eigenvalue weighted by atomic mass is 16.4. The standard InChI is InChI=1S/C22H30O3/c1-5-7-17-13-19(16-10-8-14(3)9-11-16)15(4)12-20(17)21(23)18(6-2)22(24)25/h6,12-14,16H,5,7-11H2,1-4H3,(H,24,25)/b18-6+. The van der Waals surface area contributed by atoms with Crippen LogP contribution in [0.25, 0.3) is 0 Å². The predicted octanol–water partition coefficient (Wildman–Crippen LogP) is 5.45. The molecule has 0 bridgehead atoms. The second kappa shape index (κ2) is 8.46. The summed E-state index contributed by atoms with van der Waals surface area (Å²) in [6.07, 6.45) is 8.06. The average Bonchev–Trinajstić information content (AvgIpc) is 2.57. The number of allylic oxidation sites excluding steroid dienone is 1. The van der Waals surface area contributed by atoms with Gasteiger partial charge in [0, 0.05) is 5.56 Å². The second-order valence-corrected chi connectivity index (χ2v) is 7.41. The highest BCUT2D eigenvalue weighted by Crippen LogP contribution is 2.38. The average molecular weight is 342 g/mol. The van der Waals surface area contributed by atoms with E-state index in [1.165, 1.54) is 37.3 Å². The molecule has 3 heteroatoms. The summed E-state index contributed by atoms with van der Waals surface area (Å²) in [7, 11) is 0. The van der Waals surface area contributed by atoms with Crippen molar-refractivity contribution in [3.8, 4) is 0 Å². The Balaban J connectivity index is 2.43. The molecule has 0 amide bonds. The molecule has 1 aliphatic rings. The molecule has 1 aromatic carbocycles. The monoisotopic (exact) mass is 342 g/mol. The lowest BCUT2D eigenvalue weighted by molar-refractivity contribution is -0.132. The highest BCUT2D eigenvalue weighted by molar-refractivity contribution is 6.24. The van der Waals surface area contributed by atoms with Crippen LogP contribution in [0.1, 0.15) is 85.8 Å². The number of benzene rings is 1. The van der Waals surface area contributed by atoms with E-state index in [0.717, 1.165) is 29.9 Å². The molecule has 1 aliphatic carbocycles. The van der Waals surface area contributed by atoms with Gasteiger partial charge in [-0.15, -0.1) is 0 Å². The molecule has 1 N–H and O–H groups in total. The van der Waals surface area contributed by atoms with Crippen LogP contribution in [0.2, 0.25) is 0 Å². The largest absolute Gasteiger partial charge is 0.478 e. The lowest BCUT2D eigenvalue weighted by atomic mass is 9.77. The van der Waals surface area contributed by atoms with Crippen LogP contribution in [-0.4, -0.2) is 16.9 Å². The quantitative estimate of drug-likeness (QED) is 0.323. The van der Waals surface area contributed by atoms with Gasteiger partial charge in [0.1, 0.15) is 5.57 Å². The predicted molar refractivity (Wildman–Crippen MR) is 101 cm³/mol. The number of aliphatic carboxylic acids is 1. The summed E-state index contributed by atoms with van der Waals surface area (Å²) in [5.41, 5.74) is 3.87. The summed E-state index contributed by atoms with van der Waals surface area (Å²) in [6.45, 7) is 8.06. The Labute approximate surface area is 151 Å². The summed E-state index contributed by atoms with van der Waals surface area (Å²) >= 11 is 0. The molecule has 2 rings (SSSR count). The lowest BCUT2D eigenvalue weighted by Crippen LogP contribution is -2.17. The lowest BCUT2D eigenvalue weighted by Gasteiger charge is -2.28. The molecule has 0 heterocycles. The topological polar surface area (TPSA) is 54.4 Å². The van der Waals surface area contributed by atoms with Crippen LogP contribution in [0, 0.1) is 12.8 Å². The number of aryl methyl sites for hydroxylation is 2. The molecule has 1 fully saturated rings. The summed E-state index contributed by atoms with van der Waals surface area (Å²) in [5.74, 6) is -0.153. The summed E-state index contributed by atoms with van der Waals surface area (Å²) in [5, 5.41) is 9.29. The molecule has 1 aromatic rings. The van der Waals surface area contributed by atoms with Gasteiger partial charge in [-0.1, -0.05) is 45.3 Å². The molecular weight excluding hydrogens is 312 g/mol. The number of hydrogen-bond acceptors (Lipinski definition) is 2. The first-order valence-corrected chi connectivity index (χ1v) is 9.46. The minimum absolute atomic E-state index is 0.143. The van der Waals surface area contributed by atoms with Crippen molar-refractivity contribution in [2.75, 3.05) is 0 Å². The van der Waals surface area contributed by atoms with E-state index in [9.17, 15) is 14.7 Å². The number of carbonyl (C=O) groups is 2. The van der Waals surface area contributed by atoms with Crippen molar-refractivity contribution in [1.82, 2.24) is 0 Å². The van der Waals surface area contributed by atoms with Gasteiger partial charge < -0.3 is 5.11 Å². The Hall–Kier alpha value is -1.90. The van der Waals surface area contributed by atoms with Crippen LogP contribution >= 0.6 is 0 Å². The third-order valence-electron chi connectivity index (χ3n) is 5.48. The fraction of sp³-hybridized carbons (Fsp3) is 0.545. The van der Waals surface area contributed by atoms with E-state index in [1.54, 1.807) is 6.92 Å². The van der Waals surface area contributed by atoms with E-state index < -0.39 is 5.97 Å². The molecule has 0 aliphatic heterocycles. The second-order valence-electron chi connectivity index (χ2n) is 7.41. The number of Topliss-reactive ketones (excluding diaryl/α,β-unsaturated/α-hetero) is 1. The number of ketones is 1. The minimum Gasteiger partial charge on any atom is -0.478 e. The van der Waals surface area contributed by atoms with E-state index in [-0.39, 0.29) is 11.4 Å². The van der Waals surface area contributed by atoms with E-state index in [2.05, 4.69) is 26.8 Å². The Morgan fingerprint density at radius 2 is 1.84 bits per heavy atom. The van der Waals surface area contributed by atoms with Crippen LogP contribution in [0.15, 0.2) is 23.8 Å². The van der Waals surface area contributed by atoms with Crippen molar-refractivity contribution in [2.24, 2.45) is 5.92 Å². The zero-order chi connectivity index (χ0) is 18.6. The minimum atomic E-state index is -1.15. The van der Waals surface area contributed by atoms with Crippen molar-refractivity contribution in [3.63, 3.8) is 0 Å². The molecule has 0 saturated heterocycles. The SMILES string of the molecule is C/C=C(/C(=O)O)C(=O)c1cc(C)c(C2CCC(C)CC2)cc1CCC. The van der Waals surface area contributed by atoms with Gasteiger partial charge in [-0.3, -0.25) is 4.79 Å². The van der Waals surface area contributed by atoms with E-state index in [0.29, 0.717) is 11.5 Å². The zero-order valence-corrected chi connectivity index (χ0v) is 15.9. The maximum absolute atomic E-state index is 12.7. The first kappa shape index (κ1) is 19.4. The van der Waals surface area contributed by atoms with E-state index in [4.69, 9.17) is 0 Å². The molecule has 3 nitrogen and oxygen atoms in total. The molecular formula is C22H30O3. The molecule has 0 atom stereocenters. The van der Waals surface area contributed by atoms with Crippen LogP contribution in [0.3, 0.4) is 0 Å². The Morgan fingerprint density at radius 1 is 1.20 bits per heavy atom. The van der Waals surface area contributed by atoms with Crippen LogP contribution in [-0.2, 0) is 11.2 Å². The fourth-order valence-corrected chi connectivity index (χ4v) is 3.97.